The maximum atomic E-state index is 14.2. The fourth-order valence-corrected chi connectivity index (χ4v) is 10.6. The van der Waals surface area contributed by atoms with E-state index in [0.717, 1.165) is 19.3 Å². The minimum absolute atomic E-state index is 0.00442. The van der Waals surface area contributed by atoms with Gasteiger partial charge in [-0.25, -0.2) is 4.39 Å². The highest BCUT2D eigenvalue weighted by Gasteiger charge is 2.63. The fraction of sp³-hybridized carbons (Fsp3) is 0.722. The number of fused-ring (bicyclic) bond motifs is 4. The van der Waals surface area contributed by atoms with E-state index < -0.39 is 5.82 Å². The van der Waals surface area contributed by atoms with E-state index in [1.807, 2.05) is 0 Å². The summed E-state index contributed by atoms with van der Waals surface area (Å²) in [5.41, 5.74) is 4.26. The topological polar surface area (TPSA) is 46.6 Å². The molecule has 2 saturated carbocycles. The first-order chi connectivity index (χ1) is 19.2. The van der Waals surface area contributed by atoms with Crippen molar-refractivity contribution in [3.63, 3.8) is 0 Å². The minimum Gasteiger partial charge on any atom is -0.462 e. The molecule has 4 nitrogen and oxygen atoms in total. The van der Waals surface area contributed by atoms with E-state index in [1.165, 1.54) is 44.6 Å². The van der Waals surface area contributed by atoms with Crippen LogP contribution in [0.3, 0.4) is 0 Å². The number of hydrogen-bond donors (Lipinski definition) is 0. The van der Waals surface area contributed by atoms with Crippen molar-refractivity contribution in [2.45, 2.75) is 112 Å². The first-order valence-corrected chi connectivity index (χ1v) is 16.1. The SMILES string of the molecule is CC(=O)O[C@H]1CC[C@]2(C)C3=C(CC[C@H]2C1(C)C)[C@]1(C)CC[C@H]([C@H](C)CCN(C)C(=O)c2ccccc2F)[C@@]1(C)CC3. The fourth-order valence-electron chi connectivity index (χ4n) is 10.6. The Morgan fingerprint density at radius 3 is 2.39 bits per heavy atom. The van der Waals surface area contributed by atoms with Gasteiger partial charge < -0.3 is 9.64 Å². The maximum absolute atomic E-state index is 14.2. The smallest absolute Gasteiger partial charge is 0.302 e. The van der Waals surface area contributed by atoms with Crippen molar-refractivity contribution in [1.82, 2.24) is 4.90 Å². The van der Waals surface area contributed by atoms with Crippen LogP contribution in [0.1, 0.15) is 117 Å². The number of allylic oxidation sites excluding steroid dienone is 2. The van der Waals surface area contributed by atoms with Crippen LogP contribution in [0, 0.1) is 45.2 Å². The van der Waals surface area contributed by atoms with Gasteiger partial charge >= 0.3 is 5.97 Å². The van der Waals surface area contributed by atoms with Crippen molar-refractivity contribution in [3.05, 3.63) is 46.8 Å². The number of carbonyl (C=O) groups excluding carboxylic acids is 2. The van der Waals surface area contributed by atoms with Crippen LogP contribution in [0.25, 0.3) is 0 Å². The number of halogens is 1. The molecule has 0 aromatic heterocycles. The van der Waals surface area contributed by atoms with Gasteiger partial charge in [-0.3, -0.25) is 9.59 Å². The molecule has 7 atom stereocenters. The summed E-state index contributed by atoms with van der Waals surface area (Å²) in [7, 11) is 1.80. The van der Waals surface area contributed by atoms with Gasteiger partial charge in [-0.2, -0.15) is 0 Å². The van der Waals surface area contributed by atoms with E-state index in [0.29, 0.717) is 24.3 Å². The van der Waals surface area contributed by atoms with E-state index in [9.17, 15) is 14.0 Å². The largest absolute Gasteiger partial charge is 0.462 e. The molecule has 0 N–H and O–H groups in total. The number of ether oxygens (including phenoxy) is 1. The lowest BCUT2D eigenvalue weighted by Gasteiger charge is -2.62. The van der Waals surface area contributed by atoms with Crippen molar-refractivity contribution < 1.29 is 18.7 Å². The zero-order chi connectivity index (χ0) is 30.0. The summed E-state index contributed by atoms with van der Waals surface area (Å²) < 4.78 is 20.1. The number of hydrogen-bond acceptors (Lipinski definition) is 3. The second kappa shape index (κ2) is 10.5. The molecule has 2 fully saturated rings. The summed E-state index contributed by atoms with van der Waals surface area (Å²) in [4.78, 5) is 26.5. The molecule has 1 amide bonds. The molecule has 0 aliphatic heterocycles. The number of amides is 1. The van der Waals surface area contributed by atoms with Gasteiger partial charge in [0.2, 0.25) is 0 Å². The van der Waals surface area contributed by atoms with Gasteiger partial charge in [-0.05, 0) is 104 Å². The van der Waals surface area contributed by atoms with Crippen molar-refractivity contribution in [2.24, 2.45) is 39.4 Å². The van der Waals surface area contributed by atoms with Crippen molar-refractivity contribution >= 4 is 11.9 Å². The summed E-state index contributed by atoms with van der Waals surface area (Å²) in [5.74, 6) is 0.789. The lowest BCUT2D eigenvalue weighted by Crippen LogP contribution is -2.55. The number of benzene rings is 1. The van der Waals surface area contributed by atoms with Crippen molar-refractivity contribution in [2.75, 3.05) is 13.6 Å². The zero-order valence-electron chi connectivity index (χ0n) is 26.7. The van der Waals surface area contributed by atoms with Crippen LogP contribution in [0.5, 0.6) is 0 Å². The summed E-state index contributed by atoms with van der Waals surface area (Å²) >= 11 is 0. The maximum Gasteiger partial charge on any atom is 0.302 e. The normalized spacial score (nSPS) is 36.6. The molecule has 0 bridgehead atoms. The highest BCUT2D eigenvalue weighted by molar-refractivity contribution is 5.94. The van der Waals surface area contributed by atoms with Gasteiger partial charge in [0, 0.05) is 25.9 Å². The molecule has 4 aliphatic carbocycles. The molecule has 226 valence electrons. The molecule has 4 aliphatic rings. The molecule has 0 saturated heterocycles. The second-order valence-corrected chi connectivity index (χ2v) is 15.3. The number of rotatable bonds is 6. The minimum atomic E-state index is -0.450. The average Bonchev–Trinajstić information content (AvgIpc) is 3.19. The Morgan fingerprint density at radius 2 is 1.71 bits per heavy atom. The first-order valence-electron chi connectivity index (χ1n) is 16.1. The standard InChI is InChI=1S/C36H52FNO3/c1-23(18-22-38(8)32(40)25-11-9-10-12-29(25)37)26-15-20-36(7)28-13-14-30-33(3,4)31(41-24(2)39)17-19-34(30,5)27(28)16-21-35(26,36)6/h9-12,23,26,30-31H,13-22H2,1-8H3/t23-,26-,30+,31+,34-,35-,36+/m1/s1. The Kier molecular flexibility index (Phi) is 7.78. The Hall–Kier alpha value is -2.17. The molecule has 1 aromatic carbocycles. The molecule has 41 heavy (non-hydrogen) atoms. The molecule has 5 heteroatoms. The molecule has 0 heterocycles. The van der Waals surface area contributed by atoms with E-state index in [-0.39, 0.29) is 45.2 Å². The van der Waals surface area contributed by atoms with Gasteiger partial charge in [0.05, 0.1) is 5.56 Å². The van der Waals surface area contributed by atoms with Crippen LogP contribution in [0.15, 0.2) is 35.4 Å². The number of esters is 1. The monoisotopic (exact) mass is 565 g/mol. The van der Waals surface area contributed by atoms with Crippen LogP contribution in [-0.4, -0.2) is 36.5 Å². The summed E-state index contributed by atoms with van der Waals surface area (Å²) in [6, 6.07) is 6.28. The van der Waals surface area contributed by atoms with Gasteiger partial charge in [0.15, 0.2) is 0 Å². The van der Waals surface area contributed by atoms with Gasteiger partial charge in [-0.1, -0.05) is 64.8 Å². The molecule has 0 radical (unpaired) electrons. The summed E-state index contributed by atoms with van der Waals surface area (Å²) in [6.45, 7) is 16.9. The van der Waals surface area contributed by atoms with E-state index in [1.54, 1.807) is 48.2 Å². The van der Waals surface area contributed by atoms with Crippen LogP contribution in [-0.2, 0) is 9.53 Å². The van der Waals surface area contributed by atoms with Crippen molar-refractivity contribution in [1.29, 1.82) is 0 Å². The van der Waals surface area contributed by atoms with Gasteiger partial charge in [0.25, 0.3) is 5.91 Å². The molecule has 5 rings (SSSR count). The lowest BCUT2D eigenvalue weighted by molar-refractivity contribution is -0.167. The Morgan fingerprint density at radius 1 is 1.00 bits per heavy atom. The van der Waals surface area contributed by atoms with E-state index >= 15 is 0 Å². The quantitative estimate of drug-likeness (QED) is 0.256. The third-order valence-corrected chi connectivity index (χ3v) is 13.1. The molecular weight excluding hydrogens is 513 g/mol. The van der Waals surface area contributed by atoms with Crippen LogP contribution < -0.4 is 0 Å². The summed E-state index contributed by atoms with van der Waals surface area (Å²) in [6.07, 6.45) is 10.2. The van der Waals surface area contributed by atoms with Crippen LogP contribution in [0.4, 0.5) is 4.39 Å². The molecular formula is C36H52FNO3. The Balaban J connectivity index is 1.33. The lowest BCUT2D eigenvalue weighted by atomic mass is 9.43. The molecule has 0 spiro atoms. The summed E-state index contributed by atoms with van der Waals surface area (Å²) in [5, 5.41) is 0. The average molecular weight is 566 g/mol. The van der Waals surface area contributed by atoms with Crippen LogP contribution in [0.2, 0.25) is 0 Å². The molecule has 0 unspecified atom stereocenters. The highest BCUT2D eigenvalue weighted by Crippen LogP contribution is 2.72. The zero-order valence-corrected chi connectivity index (χ0v) is 26.7. The molecule has 1 aromatic rings. The Labute approximate surface area is 247 Å². The van der Waals surface area contributed by atoms with E-state index in [2.05, 4.69) is 41.5 Å². The van der Waals surface area contributed by atoms with Crippen LogP contribution >= 0.6 is 0 Å². The first kappa shape index (κ1) is 30.3. The number of carbonyl (C=O) groups is 2. The van der Waals surface area contributed by atoms with E-state index in [4.69, 9.17) is 4.74 Å². The third-order valence-electron chi connectivity index (χ3n) is 13.1. The predicted octanol–water partition coefficient (Wildman–Crippen LogP) is 8.60. The van der Waals surface area contributed by atoms with Gasteiger partial charge in [-0.15, -0.1) is 0 Å². The van der Waals surface area contributed by atoms with Crippen molar-refractivity contribution in [3.8, 4) is 0 Å². The van der Waals surface area contributed by atoms with Gasteiger partial charge in [0.1, 0.15) is 11.9 Å². The third kappa shape index (κ3) is 4.68. The second-order valence-electron chi connectivity index (χ2n) is 15.3. The Bertz CT molecular complexity index is 1240. The number of nitrogens with zero attached hydrogens (tertiary/aromatic N) is 1. The predicted molar refractivity (Wildman–Crippen MR) is 162 cm³/mol. The highest BCUT2D eigenvalue weighted by atomic mass is 19.1.